The molecule has 0 bridgehead atoms. The molecule has 4 N–H and O–H groups in total. The van der Waals surface area contributed by atoms with Crippen LogP contribution in [0.5, 0.6) is 11.5 Å². The Kier molecular flexibility index (Phi) is 4.14. The Bertz CT molecular complexity index is 449. The highest BCUT2D eigenvalue weighted by atomic mass is 16.4. The molecular formula is C12H15NO5. The fourth-order valence-electron chi connectivity index (χ4n) is 1.46. The maximum Gasteiger partial charge on any atom is 0.326 e. The third-order valence-electron chi connectivity index (χ3n) is 2.38. The van der Waals surface area contributed by atoms with Gasteiger partial charge in [0.1, 0.15) is 17.5 Å². The molecule has 18 heavy (non-hydrogen) atoms. The summed E-state index contributed by atoms with van der Waals surface area (Å²) in [6.45, 7) is 3.33. The van der Waals surface area contributed by atoms with Gasteiger partial charge in [-0.3, -0.25) is 4.79 Å². The van der Waals surface area contributed by atoms with Gasteiger partial charge < -0.3 is 20.6 Å². The van der Waals surface area contributed by atoms with E-state index < -0.39 is 17.9 Å². The maximum atomic E-state index is 11.8. The first kappa shape index (κ1) is 13.8. The van der Waals surface area contributed by atoms with Crippen molar-refractivity contribution in [2.75, 3.05) is 0 Å². The number of phenols is 2. The SMILES string of the molecule is CC(C)C(NC(=O)c1cc(O)cc(O)c1)C(=O)O. The van der Waals surface area contributed by atoms with E-state index in [2.05, 4.69) is 5.32 Å². The number of aromatic hydroxyl groups is 2. The molecule has 1 amide bonds. The number of hydrogen-bond donors (Lipinski definition) is 4. The van der Waals surface area contributed by atoms with Gasteiger partial charge >= 0.3 is 5.97 Å². The number of carbonyl (C=O) groups is 2. The molecule has 0 saturated heterocycles. The van der Waals surface area contributed by atoms with Crippen molar-refractivity contribution in [3.8, 4) is 11.5 Å². The van der Waals surface area contributed by atoms with Crippen LogP contribution in [0.2, 0.25) is 0 Å². The maximum absolute atomic E-state index is 11.8. The minimum atomic E-state index is -1.14. The zero-order chi connectivity index (χ0) is 13.9. The van der Waals surface area contributed by atoms with Crippen LogP contribution in [0.4, 0.5) is 0 Å². The van der Waals surface area contributed by atoms with E-state index in [0.717, 1.165) is 18.2 Å². The standard InChI is InChI=1S/C12H15NO5/c1-6(2)10(12(17)18)13-11(16)7-3-8(14)5-9(15)4-7/h3-6,10,14-15H,1-2H3,(H,13,16)(H,17,18). The van der Waals surface area contributed by atoms with Crippen LogP contribution in [-0.2, 0) is 4.79 Å². The summed E-state index contributed by atoms with van der Waals surface area (Å²) < 4.78 is 0. The number of amides is 1. The van der Waals surface area contributed by atoms with Crippen LogP contribution < -0.4 is 5.32 Å². The Balaban J connectivity index is 2.90. The first-order valence-electron chi connectivity index (χ1n) is 5.38. The first-order valence-corrected chi connectivity index (χ1v) is 5.38. The number of carboxylic acids is 1. The zero-order valence-electron chi connectivity index (χ0n) is 10.0. The zero-order valence-corrected chi connectivity index (χ0v) is 10.0. The molecule has 0 fully saturated rings. The van der Waals surface area contributed by atoms with E-state index in [1.807, 2.05) is 0 Å². The molecule has 98 valence electrons. The minimum absolute atomic E-state index is 0.000556. The molecule has 1 aromatic rings. The van der Waals surface area contributed by atoms with Crippen LogP contribution in [0.3, 0.4) is 0 Å². The number of nitrogens with one attached hydrogen (secondary N) is 1. The van der Waals surface area contributed by atoms with Crippen LogP contribution in [-0.4, -0.2) is 33.2 Å². The monoisotopic (exact) mass is 253 g/mol. The number of carbonyl (C=O) groups excluding carboxylic acids is 1. The molecule has 6 heteroatoms. The average molecular weight is 253 g/mol. The predicted octanol–water partition coefficient (Wildman–Crippen LogP) is 0.937. The second-order valence-corrected chi connectivity index (χ2v) is 4.27. The minimum Gasteiger partial charge on any atom is -0.508 e. The summed E-state index contributed by atoms with van der Waals surface area (Å²) >= 11 is 0. The van der Waals surface area contributed by atoms with Gasteiger partial charge in [-0.2, -0.15) is 0 Å². The van der Waals surface area contributed by atoms with Gasteiger partial charge in [0, 0.05) is 11.6 Å². The van der Waals surface area contributed by atoms with Gasteiger partial charge in [-0.15, -0.1) is 0 Å². The topological polar surface area (TPSA) is 107 Å². The molecule has 0 aromatic heterocycles. The van der Waals surface area contributed by atoms with E-state index in [-0.39, 0.29) is 23.0 Å². The average Bonchev–Trinajstić information content (AvgIpc) is 2.23. The van der Waals surface area contributed by atoms with Crippen molar-refractivity contribution in [2.24, 2.45) is 5.92 Å². The molecule has 0 aliphatic heterocycles. The van der Waals surface area contributed by atoms with Gasteiger partial charge in [-0.05, 0) is 18.1 Å². The van der Waals surface area contributed by atoms with Gasteiger partial charge in [-0.1, -0.05) is 13.8 Å². The molecule has 0 aliphatic carbocycles. The van der Waals surface area contributed by atoms with Gasteiger partial charge in [0.15, 0.2) is 0 Å². The lowest BCUT2D eigenvalue weighted by Gasteiger charge is -2.17. The number of phenolic OH excluding ortho intramolecular Hbond substituents is 2. The lowest BCUT2D eigenvalue weighted by Crippen LogP contribution is -2.44. The van der Waals surface area contributed by atoms with E-state index in [1.54, 1.807) is 13.8 Å². The van der Waals surface area contributed by atoms with E-state index in [4.69, 9.17) is 5.11 Å². The van der Waals surface area contributed by atoms with Crippen LogP contribution in [0.25, 0.3) is 0 Å². The van der Waals surface area contributed by atoms with Crippen molar-refractivity contribution in [3.63, 3.8) is 0 Å². The number of hydrogen-bond acceptors (Lipinski definition) is 4. The van der Waals surface area contributed by atoms with Crippen LogP contribution in [0.1, 0.15) is 24.2 Å². The largest absolute Gasteiger partial charge is 0.508 e. The summed E-state index contributed by atoms with van der Waals surface area (Å²) in [7, 11) is 0. The van der Waals surface area contributed by atoms with Gasteiger partial charge in [0.25, 0.3) is 5.91 Å². The van der Waals surface area contributed by atoms with E-state index >= 15 is 0 Å². The summed E-state index contributed by atoms with van der Waals surface area (Å²) in [5.74, 6) is -2.62. The molecule has 1 unspecified atom stereocenters. The van der Waals surface area contributed by atoms with Crippen molar-refractivity contribution in [3.05, 3.63) is 23.8 Å². The normalized spacial score (nSPS) is 12.2. The summed E-state index contributed by atoms with van der Waals surface area (Å²) in [4.78, 5) is 22.7. The molecule has 1 rings (SSSR count). The summed E-state index contributed by atoms with van der Waals surface area (Å²) in [6, 6.07) is 2.35. The van der Waals surface area contributed by atoms with E-state index in [9.17, 15) is 19.8 Å². The molecule has 0 radical (unpaired) electrons. The molecule has 0 saturated carbocycles. The summed E-state index contributed by atoms with van der Waals surface area (Å²) in [5.41, 5.74) is -0.000556. The fourth-order valence-corrected chi connectivity index (χ4v) is 1.46. The van der Waals surface area contributed by atoms with E-state index in [1.165, 1.54) is 0 Å². The van der Waals surface area contributed by atoms with Crippen LogP contribution >= 0.6 is 0 Å². The number of carboxylic acid groups (broad SMARTS) is 1. The molecule has 0 spiro atoms. The van der Waals surface area contributed by atoms with Crippen molar-refractivity contribution in [2.45, 2.75) is 19.9 Å². The molecule has 0 aliphatic rings. The van der Waals surface area contributed by atoms with Crippen molar-refractivity contribution < 1.29 is 24.9 Å². The first-order chi connectivity index (χ1) is 8.31. The Hall–Kier alpha value is -2.24. The third kappa shape index (κ3) is 3.38. The predicted molar refractivity (Wildman–Crippen MR) is 63.5 cm³/mol. The smallest absolute Gasteiger partial charge is 0.326 e. The van der Waals surface area contributed by atoms with Gasteiger partial charge in [0.2, 0.25) is 0 Å². The number of benzene rings is 1. The highest BCUT2D eigenvalue weighted by Gasteiger charge is 2.24. The number of rotatable bonds is 4. The Labute approximate surface area is 104 Å². The van der Waals surface area contributed by atoms with E-state index in [0.29, 0.717) is 0 Å². The lowest BCUT2D eigenvalue weighted by molar-refractivity contribution is -0.140. The summed E-state index contributed by atoms with van der Waals surface area (Å²) in [5, 5.41) is 29.7. The second-order valence-electron chi connectivity index (χ2n) is 4.27. The van der Waals surface area contributed by atoms with Crippen molar-refractivity contribution in [1.29, 1.82) is 0 Å². The quantitative estimate of drug-likeness (QED) is 0.638. The van der Waals surface area contributed by atoms with Crippen molar-refractivity contribution in [1.82, 2.24) is 5.32 Å². The summed E-state index contributed by atoms with van der Waals surface area (Å²) in [6.07, 6.45) is 0. The highest BCUT2D eigenvalue weighted by molar-refractivity contribution is 5.97. The van der Waals surface area contributed by atoms with Crippen LogP contribution in [0.15, 0.2) is 18.2 Å². The van der Waals surface area contributed by atoms with Gasteiger partial charge in [-0.25, -0.2) is 4.79 Å². The molecular weight excluding hydrogens is 238 g/mol. The fraction of sp³-hybridized carbons (Fsp3) is 0.333. The Morgan fingerprint density at radius 2 is 1.61 bits per heavy atom. The Morgan fingerprint density at radius 3 is 2.00 bits per heavy atom. The molecule has 0 heterocycles. The molecule has 1 aromatic carbocycles. The highest BCUT2D eigenvalue weighted by Crippen LogP contribution is 2.20. The molecule has 6 nitrogen and oxygen atoms in total. The molecule has 1 atom stereocenters. The lowest BCUT2D eigenvalue weighted by atomic mass is 10.0. The van der Waals surface area contributed by atoms with Crippen molar-refractivity contribution >= 4 is 11.9 Å². The number of aliphatic carboxylic acids is 1. The third-order valence-corrected chi connectivity index (χ3v) is 2.38. The second kappa shape index (κ2) is 5.39. The van der Waals surface area contributed by atoms with Gasteiger partial charge in [0.05, 0.1) is 0 Å². The Morgan fingerprint density at radius 1 is 1.11 bits per heavy atom. The van der Waals surface area contributed by atoms with Crippen LogP contribution in [0, 0.1) is 5.92 Å².